The Balaban J connectivity index is 1.94. The number of benzene rings is 1. The summed E-state index contributed by atoms with van der Waals surface area (Å²) in [5.74, 6) is 0.238. The average Bonchev–Trinajstić information content (AvgIpc) is 2.65. The van der Waals surface area contributed by atoms with Crippen LogP contribution in [0, 0.1) is 10.8 Å². The van der Waals surface area contributed by atoms with Gasteiger partial charge in [0.05, 0.1) is 12.7 Å². The van der Waals surface area contributed by atoms with Crippen molar-refractivity contribution >= 4 is 11.7 Å². The fraction of sp³-hybridized carbons (Fsp3) is 0.720. The molecule has 0 N–H and O–H groups in total. The van der Waals surface area contributed by atoms with E-state index in [2.05, 4.69) is 56.6 Å². The van der Waals surface area contributed by atoms with Crippen LogP contribution in [0.1, 0.15) is 82.1 Å². The van der Waals surface area contributed by atoms with Crippen LogP contribution < -0.4 is 4.90 Å². The van der Waals surface area contributed by atoms with Gasteiger partial charge in [-0.15, -0.1) is 0 Å². The number of anilines is 1. The zero-order valence-electron chi connectivity index (χ0n) is 19.4. The van der Waals surface area contributed by atoms with Crippen LogP contribution in [0.2, 0.25) is 0 Å². The second kappa shape index (κ2) is 8.67. The first-order chi connectivity index (χ1) is 13.6. The van der Waals surface area contributed by atoms with Gasteiger partial charge in [0.25, 0.3) is 0 Å². The topological polar surface area (TPSA) is 32.8 Å². The molecule has 0 amide bonds. The largest absolute Gasteiger partial charge is 0.465 e. The maximum absolute atomic E-state index is 12.3. The lowest BCUT2D eigenvalue weighted by atomic mass is 9.60. The lowest BCUT2D eigenvalue weighted by Crippen LogP contribution is -2.47. The van der Waals surface area contributed by atoms with Gasteiger partial charge in [-0.3, -0.25) is 4.90 Å². The van der Waals surface area contributed by atoms with Crippen molar-refractivity contribution in [1.29, 1.82) is 0 Å². The van der Waals surface area contributed by atoms with Crippen molar-refractivity contribution in [2.45, 2.75) is 66.2 Å². The normalized spacial score (nSPS) is 22.5. The molecule has 1 aliphatic carbocycles. The van der Waals surface area contributed by atoms with Crippen LogP contribution in [-0.4, -0.2) is 50.7 Å². The Morgan fingerprint density at radius 1 is 1.07 bits per heavy atom. The molecule has 0 unspecified atom stereocenters. The van der Waals surface area contributed by atoms with Crippen molar-refractivity contribution in [3.8, 4) is 0 Å². The van der Waals surface area contributed by atoms with Crippen molar-refractivity contribution in [3.05, 3.63) is 29.3 Å². The highest BCUT2D eigenvalue weighted by atomic mass is 16.5. The lowest BCUT2D eigenvalue weighted by molar-refractivity contribution is 0.0600. The van der Waals surface area contributed by atoms with Crippen LogP contribution in [-0.2, 0) is 4.74 Å². The molecule has 1 heterocycles. The first kappa shape index (κ1) is 22.1. The zero-order chi connectivity index (χ0) is 21.2. The Morgan fingerprint density at radius 3 is 2.24 bits per heavy atom. The number of nitrogens with zero attached hydrogens (tertiary/aromatic N) is 2. The molecule has 2 aliphatic rings. The molecule has 4 heteroatoms. The molecule has 0 atom stereocenters. The fourth-order valence-electron chi connectivity index (χ4n) is 6.01. The lowest BCUT2D eigenvalue weighted by Gasteiger charge is -2.46. The van der Waals surface area contributed by atoms with E-state index in [0.29, 0.717) is 22.3 Å². The number of rotatable bonds is 5. The van der Waals surface area contributed by atoms with E-state index >= 15 is 0 Å². The highest BCUT2D eigenvalue weighted by Gasteiger charge is 2.40. The second-order valence-corrected chi connectivity index (χ2v) is 10.7. The third-order valence-corrected chi connectivity index (χ3v) is 6.70. The van der Waals surface area contributed by atoms with Gasteiger partial charge in [-0.1, -0.05) is 34.6 Å². The molecule has 1 aromatic rings. The summed E-state index contributed by atoms with van der Waals surface area (Å²) >= 11 is 0. The Hall–Kier alpha value is -1.55. The summed E-state index contributed by atoms with van der Waals surface area (Å²) in [4.78, 5) is 17.4. The summed E-state index contributed by atoms with van der Waals surface area (Å²) in [6.45, 7) is 17.4. The van der Waals surface area contributed by atoms with Gasteiger partial charge in [0.2, 0.25) is 0 Å². The third kappa shape index (κ3) is 5.33. The van der Waals surface area contributed by atoms with Crippen LogP contribution in [0.3, 0.4) is 0 Å². The summed E-state index contributed by atoms with van der Waals surface area (Å²) < 4.78 is 5.03. The van der Waals surface area contributed by atoms with E-state index in [0.717, 1.165) is 26.2 Å². The number of ether oxygens (including phenoxy) is 1. The van der Waals surface area contributed by atoms with Crippen molar-refractivity contribution in [1.82, 2.24) is 4.90 Å². The molecule has 1 aromatic carbocycles. The van der Waals surface area contributed by atoms with E-state index in [4.69, 9.17) is 4.74 Å². The van der Waals surface area contributed by atoms with E-state index in [1.165, 1.54) is 50.6 Å². The van der Waals surface area contributed by atoms with Gasteiger partial charge in [0.1, 0.15) is 0 Å². The zero-order valence-corrected chi connectivity index (χ0v) is 19.4. The Kier molecular flexibility index (Phi) is 6.62. The summed E-state index contributed by atoms with van der Waals surface area (Å²) in [6, 6.07) is 6.25. The van der Waals surface area contributed by atoms with Crippen LogP contribution >= 0.6 is 0 Å². The highest BCUT2D eigenvalue weighted by molar-refractivity contribution is 5.90. The maximum Gasteiger partial charge on any atom is 0.337 e. The first-order valence-corrected chi connectivity index (χ1v) is 11.3. The van der Waals surface area contributed by atoms with Crippen LogP contribution in [0.25, 0.3) is 0 Å². The van der Waals surface area contributed by atoms with E-state index in [1.54, 1.807) is 0 Å². The Labute approximate surface area is 177 Å². The summed E-state index contributed by atoms with van der Waals surface area (Å²) in [6.07, 6.45) is 4.80. The van der Waals surface area contributed by atoms with Gasteiger partial charge < -0.3 is 9.64 Å². The molecule has 0 aromatic heterocycles. The molecule has 1 aliphatic heterocycles. The molecule has 0 bridgehead atoms. The Morgan fingerprint density at radius 2 is 1.69 bits per heavy atom. The fourth-order valence-corrected chi connectivity index (χ4v) is 6.01. The number of hydrogen-bond donors (Lipinski definition) is 0. The molecule has 0 spiro atoms. The predicted molar refractivity (Wildman–Crippen MR) is 121 cm³/mol. The molecule has 1 saturated carbocycles. The van der Waals surface area contributed by atoms with Crippen LogP contribution in [0.15, 0.2) is 18.2 Å². The van der Waals surface area contributed by atoms with Gasteiger partial charge in [0, 0.05) is 31.9 Å². The van der Waals surface area contributed by atoms with E-state index in [-0.39, 0.29) is 5.97 Å². The van der Waals surface area contributed by atoms with Crippen LogP contribution in [0.5, 0.6) is 0 Å². The minimum absolute atomic E-state index is 0.236. The first-order valence-electron chi connectivity index (χ1n) is 11.3. The molecule has 2 fully saturated rings. The van der Waals surface area contributed by atoms with Crippen molar-refractivity contribution in [2.75, 3.05) is 44.7 Å². The van der Waals surface area contributed by atoms with Gasteiger partial charge in [0.15, 0.2) is 0 Å². The summed E-state index contributed by atoms with van der Waals surface area (Å²) in [5.41, 5.74) is 3.97. The predicted octanol–water partition coefficient (Wildman–Crippen LogP) is 5.33. The summed E-state index contributed by atoms with van der Waals surface area (Å²) in [7, 11) is 1.47. The van der Waals surface area contributed by atoms with Crippen molar-refractivity contribution < 1.29 is 9.53 Å². The number of esters is 1. The second-order valence-electron chi connectivity index (χ2n) is 10.7. The molecule has 0 radical (unpaired) electrons. The number of carbonyl (C=O) groups is 1. The monoisotopic (exact) mass is 400 g/mol. The SMILES string of the molecule is CCCN1CCN(c2ccc(C(=O)OC)cc2C2CC(C)(C)CC(C)(C)C2)CC1. The Bertz CT molecular complexity index is 702. The van der Waals surface area contributed by atoms with Gasteiger partial charge in [-0.25, -0.2) is 4.79 Å². The molecule has 162 valence electrons. The number of piperazine rings is 1. The van der Waals surface area contributed by atoms with E-state index in [1.807, 2.05) is 6.07 Å². The highest BCUT2D eigenvalue weighted by Crippen LogP contribution is 2.53. The maximum atomic E-state index is 12.3. The van der Waals surface area contributed by atoms with Crippen molar-refractivity contribution in [3.63, 3.8) is 0 Å². The third-order valence-electron chi connectivity index (χ3n) is 6.70. The molecule has 29 heavy (non-hydrogen) atoms. The molecule has 3 rings (SSSR count). The van der Waals surface area contributed by atoms with Gasteiger partial charge in [-0.2, -0.15) is 0 Å². The quantitative estimate of drug-likeness (QED) is 0.626. The van der Waals surface area contributed by atoms with Gasteiger partial charge >= 0.3 is 5.97 Å². The van der Waals surface area contributed by atoms with E-state index in [9.17, 15) is 4.79 Å². The van der Waals surface area contributed by atoms with Crippen molar-refractivity contribution in [2.24, 2.45) is 10.8 Å². The number of carbonyl (C=O) groups excluding carboxylic acids is 1. The molecular formula is C25H40N2O2. The smallest absolute Gasteiger partial charge is 0.337 e. The molecular weight excluding hydrogens is 360 g/mol. The standard InChI is InChI=1S/C25H40N2O2/c1-7-10-26-11-13-27(14-12-26)22-9-8-19(23(28)29-6)15-21(22)20-16-24(2,3)18-25(4,5)17-20/h8-9,15,20H,7,10-14,16-18H2,1-6H3. The average molecular weight is 401 g/mol. The summed E-state index contributed by atoms with van der Waals surface area (Å²) in [5, 5.41) is 0. The number of methoxy groups -OCH3 is 1. The van der Waals surface area contributed by atoms with Gasteiger partial charge in [-0.05, 0) is 72.7 Å². The number of hydrogen-bond acceptors (Lipinski definition) is 4. The molecule has 4 nitrogen and oxygen atoms in total. The molecule has 1 saturated heterocycles. The minimum Gasteiger partial charge on any atom is -0.465 e. The van der Waals surface area contributed by atoms with Crippen LogP contribution in [0.4, 0.5) is 5.69 Å². The van der Waals surface area contributed by atoms with E-state index < -0.39 is 0 Å². The minimum atomic E-state index is -0.236.